The number of rotatable bonds is 7. The number of aromatic nitrogens is 1. The molecule has 3 heterocycles. The predicted molar refractivity (Wildman–Crippen MR) is 120 cm³/mol. The Balaban J connectivity index is 1.52. The number of thiocarbonyl (C=S) groups is 1. The summed E-state index contributed by atoms with van der Waals surface area (Å²) in [5.74, 6) is 0.755. The predicted octanol–water partition coefficient (Wildman–Crippen LogP) is 2.57. The monoisotopic (exact) mass is 431 g/mol. The summed E-state index contributed by atoms with van der Waals surface area (Å²) in [7, 11) is 1.63. The quantitative estimate of drug-likeness (QED) is 0.653. The molecule has 2 fully saturated rings. The van der Waals surface area contributed by atoms with E-state index in [-0.39, 0.29) is 17.8 Å². The SMILES string of the molecule is COc1ccc2[nH]c(=O)c(CN(C[C@H]3CCCO3)C(=S)NC[C@@H]3CCCO3)cc2c1. The van der Waals surface area contributed by atoms with Crippen LogP contribution in [0.5, 0.6) is 5.75 Å². The van der Waals surface area contributed by atoms with Crippen molar-refractivity contribution >= 4 is 28.2 Å². The standard InChI is InChI=1S/C22H29N3O4S/c1-27-17-6-7-20-15(11-17)10-16(21(26)24-20)13-25(14-19-5-3-9-29-19)22(30)23-12-18-4-2-8-28-18/h6-7,10-11,18-19H,2-5,8-9,12-14H2,1H3,(H,23,30)(H,24,26)/t18-,19+/m0/s1. The van der Waals surface area contributed by atoms with Crippen molar-refractivity contribution in [3.63, 3.8) is 0 Å². The van der Waals surface area contributed by atoms with E-state index < -0.39 is 0 Å². The third-order valence-corrected chi connectivity index (χ3v) is 6.13. The van der Waals surface area contributed by atoms with Gasteiger partial charge in [0.05, 0.1) is 25.9 Å². The first-order chi connectivity index (χ1) is 14.6. The summed E-state index contributed by atoms with van der Waals surface area (Å²) in [4.78, 5) is 17.7. The van der Waals surface area contributed by atoms with E-state index in [4.69, 9.17) is 26.4 Å². The Hall–Kier alpha value is -2.16. The largest absolute Gasteiger partial charge is 0.497 e. The number of fused-ring (bicyclic) bond motifs is 1. The summed E-state index contributed by atoms with van der Waals surface area (Å²) >= 11 is 5.69. The number of hydrogen-bond donors (Lipinski definition) is 2. The van der Waals surface area contributed by atoms with Crippen molar-refractivity contribution in [2.75, 3.05) is 33.4 Å². The van der Waals surface area contributed by atoms with Gasteiger partial charge in [0.25, 0.3) is 5.56 Å². The van der Waals surface area contributed by atoms with Crippen molar-refractivity contribution < 1.29 is 14.2 Å². The molecule has 0 unspecified atom stereocenters. The Morgan fingerprint density at radius 2 is 2.00 bits per heavy atom. The van der Waals surface area contributed by atoms with Gasteiger partial charge in [-0.1, -0.05) is 0 Å². The zero-order valence-electron chi connectivity index (χ0n) is 17.3. The number of H-pyrrole nitrogens is 1. The van der Waals surface area contributed by atoms with Gasteiger partial charge in [0, 0.05) is 42.8 Å². The van der Waals surface area contributed by atoms with Crippen LogP contribution in [0.15, 0.2) is 29.1 Å². The first-order valence-electron chi connectivity index (χ1n) is 10.6. The topological polar surface area (TPSA) is 75.8 Å². The number of nitrogens with one attached hydrogen (secondary N) is 2. The Labute approximate surface area is 181 Å². The molecule has 1 aromatic carbocycles. The van der Waals surface area contributed by atoms with Crippen LogP contribution in [0, 0.1) is 0 Å². The number of aromatic amines is 1. The van der Waals surface area contributed by atoms with Crippen molar-refractivity contribution in [3.8, 4) is 5.75 Å². The Bertz CT molecular complexity index is 936. The Morgan fingerprint density at radius 1 is 1.23 bits per heavy atom. The molecule has 0 bridgehead atoms. The highest BCUT2D eigenvalue weighted by Gasteiger charge is 2.23. The fourth-order valence-electron chi connectivity index (χ4n) is 4.05. The highest BCUT2D eigenvalue weighted by atomic mass is 32.1. The molecule has 4 rings (SSSR count). The second kappa shape index (κ2) is 9.76. The molecule has 2 N–H and O–H groups in total. The maximum Gasteiger partial charge on any atom is 0.253 e. The molecule has 2 aromatic rings. The average molecular weight is 432 g/mol. The fraction of sp³-hybridized carbons (Fsp3) is 0.545. The molecule has 2 atom stereocenters. The van der Waals surface area contributed by atoms with Crippen LogP contribution in [0.2, 0.25) is 0 Å². The first-order valence-corrected chi connectivity index (χ1v) is 11.0. The zero-order valence-corrected chi connectivity index (χ0v) is 18.1. The number of pyridine rings is 1. The smallest absolute Gasteiger partial charge is 0.253 e. The Morgan fingerprint density at radius 3 is 2.70 bits per heavy atom. The molecule has 30 heavy (non-hydrogen) atoms. The normalized spacial score (nSPS) is 21.1. The van der Waals surface area contributed by atoms with Gasteiger partial charge in [0.1, 0.15) is 5.75 Å². The van der Waals surface area contributed by atoms with Crippen LogP contribution >= 0.6 is 12.2 Å². The molecule has 2 aliphatic rings. The molecule has 0 saturated carbocycles. The van der Waals surface area contributed by atoms with Gasteiger partial charge in [-0.3, -0.25) is 4.79 Å². The van der Waals surface area contributed by atoms with Gasteiger partial charge in [-0.2, -0.15) is 0 Å². The molecular formula is C22H29N3O4S. The van der Waals surface area contributed by atoms with Gasteiger partial charge in [-0.15, -0.1) is 0 Å². The lowest BCUT2D eigenvalue weighted by Crippen LogP contribution is -2.45. The summed E-state index contributed by atoms with van der Waals surface area (Å²) in [5.41, 5.74) is 1.34. The van der Waals surface area contributed by atoms with Gasteiger partial charge < -0.3 is 29.4 Å². The van der Waals surface area contributed by atoms with E-state index in [9.17, 15) is 4.79 Å². The highest BCUT2D eigenvalue weighted by Crippen LogP contribution is 2.20. The number of ether oxygens (including phenoxy) is 3. The van der Waals surface area contributed by atoms with Gasteiger partial charge in [0.2, 0.25) is 0 Å². The molecule has 2 aliphatic heterocycles. The first kappa shape index (κ1) is 21.1. The number of nitrogens with zero attached hydrogens (tertiary/aromatic N) is 1. The van der Waals surface area contributed by atoms with E-state index in [2.05, 4.69) is 10.3 Å². The van der Waals surface area contributed by atoms with Crippen molar-refractivity contribution in [1.29, 1.82) is 0 Å². The second-order valence-electron chi connectivity index (χ2n) is 7.91. The van der Waals surface area contributed by atoms with E-state index >= 15 is 0 Å². The fourth-order valence-corrected chi connectivity index (χ4v) is 4.27. The summed E-state index contributed by atoms with van der Waals surface area (Å²) in [6, 6.07) is 7.54. The minimum Gasteiger partial charge on any atom is -0.497 e. The van der Waals surface area contributed by atoms with Crippen LogP contribution in [0.3, 0.4) is 0 Å². The highest BCUT2D eigenvalue weighted by molar-refractivity contribution is 7.80. The van der Waals surface area contributed by atoms with E-state index in [1.807, 2.05) is 29.2 Å². The molecule has 0 amide bonds. The summed E-state index contributed by atoms with van der Waals surface area (Å²) < 4.78 is 16.8. The van der Waals surface area contributed by atoms with Crippen LogP contribution < -0.4 is 15.6 Å². The lowest BCUT2D eigenvalue weighted by Gasteiger charge is -2.28. The minimum atomic E-state index is -0.105. The second-order valence-corrected chi connectivity index (χ2v) is 8.30. The maximum absolute atomic E-state index is 12.7. The summed E-state index contributed by atoms with van der Waals surface area (Å²) in [6.07, 6.45) is 4.54. The minimum absolute atomic E-state index is 0.105. The lowest BCUT2D eigenvalue weighted by molar-refractivity contribution is 0.0885. The van der Waals surface area contributed by atoms with Crippen molar-refractivity contribution in [2.45, 2.75) is 44.4 Å². The zero-order chi connectivity index (χ0) is 20.9. The van der Waals surface area contributed by atoms with E-state index in [1.54, 1.807) is 7.11 Å². The van der Waals surface area contributed by atoms with E-state index in [1.165, 1.54) is 0 Å². The van der Waals surface area contributed by atoms with Gasteiger partial charge in [-0.25, -0.2) is 0 Å². The third-order valence-electron chi connectivity index (χ3n) is 5.73. The molecular weight excluding hydrogens is 402 g/mol. The molecule has 0 radical (unpaired) electrons. The van der Waals surface area contributed by atoms with Crippen LogP contribution in [0.1, 0.15) is 31.2 Å². The van der Waals surface area contributed by atoms with Gasteiger partial charge in [0.15, 0.2) is 5.11 Å². The Kier molecular flexibility index (Phi) is 6.86. The summed E-state index contributed by atoms with van der Waals surface area (Å²) in [6.45, 7) is 3.36. The molecule has 0 spiro atoms. The van der Waals surface area contributed by atoms with E-state index in [0.29, 0.717) is 30.3 Å². The third kappa shape index (κ3) is 5.11. The van der Waals surface area contributed by atoms with Crippen LogP contribution in [-0.4, -0.2) is 60.6 Å². The summed E-state index contributed by atoms with van der Waals surface area (Å²) in [5, 5.41) is 4.90. The molecule has 7 nitrogen and oxygen atoms in total. The lowest BCUT2D eigenvalue weighted by atomic mass is 10.1. The van der Waals surface area contributed by atoms with Crippen molar-refractivity contribution in [3.05, 3.63) is 40.2 Å². The van der Waals surface area contributed by atoms with Gasteiger partial charge >= 0.3 is 0 Å². The number of methoxy groups -OCH3 is 1. The average Bonchev–Trinajstić information content (AvgIpc) is 3.46. The molecule has 1 aromatic heterocycles. The van der Waals surface area contributed by atoms with Crippen molar-refractivity contribution in [1.82, 2.24) is 15.2 Å². The molecule has 0 aliphatic carbocycles. The molecule has 162 valence electrons. The van der Waals surface area contributed by atoms with Gasteiger partial charge in [-0.05, 0) is 62.2 Å². The number of hydrogen-bond acceptors (Lipinski definition) is 5. The van der Waals surface area contributed by atoms with E-state index in [0.717, 1.165) is 55.5 Å². The maximum atomic E-state index is 12.7. The van der Waals surface area contributed by atoms with Crippen LogP contribution in [0.25, 0.3) is 10.9 Å². The van der Waals surface area contributed by atoms with Crippen molar-refractivity contribution in [2.24, 2.45) is 0 Å². The molecule has 8 heteroatoms. The molecule has 2 saturated heterocycles. The van der Waals surface area contributed by atoms with Crippen LogP contribution in [0.4, 0.5) is 0 Å². The van der Waals surface area contributed by atoms with Crippen LogP contribution in [-0.2, 0) is 16.0 Å². The number of benzene rings is 1.